The van der Waals surface area contributed by atoms with Gasteiger partial charge in [-0.2, -0.15) is 0 Å². The summed E-state index contributed by atoms with van der Waals surface area (Å²) in [4.78, 5) is 31.3. The monoisotopic (exact) mass is 445 g/mol. The molecule has 32 heavy (non-hydrogen) atoms. The van der Waals surface area contributed by atoms with E-state index in [9.17, 15) is 9.59 Å². The first-order valence-corrected chi connectivity index (χ1v) is 11.7. The van der Waals surface area contributed by atoms with Crippen molar-refractivity contribution in [3.05, 3.63) is 81.3 Å². The van der Waals surface area contributed by atoms with Gasteiger partial charge in [0.05, 0.1) is 12.1 Å². The first-order chi connectivity index (χ1) is 15.5. The van der Waals surface area contributed by atoms with E-state index >= 15 is 0 Å². The summed E-state index contributed by atoms with van der Waals surface area (Å²) in [6.45, 7) is 0. The SMILES string of the molecule is CN(C)C(=O)c1ccccc1CC(=O)Nc1cccc(C=Cc2nc(C3CCC3)cs2)c1. The summed E-state index contributed by atoms with van der Waals surface area (Å²) in [6, 6.07) is 14.9. The Morgan fingerprint density at radius 1 is 1.12 bits per heavy atom. The molecule has 2 amide bonds. The second-order valence-electron chi connectivity index (χ2n) is 8.28. The topological polar surface area (TPSA) is 62.3 Å². The van der Waals surface area contributed by atoms with E-state index in [0.717, 1.165) is 16.3 Å². The van der Waals surface area contributed by atoms with Gasteiger partial charge >= 0.3 is 0 Å². The second kappa shape index (κ2) is 9.92. The Balaban J connectivity index is 1.40. The van der Waals surface area contributed by atoms with Crippen molar-refractivity contribution in [2.45, 2.75) is 31.6 Å². The van der Waals surface area contributed by atoms with Gasteiger partial charge in [0.2, 0.25) is 5.91 Å². The number of amides is 2. The quantitative estimate of drug-likeness (QED) is 0.525. The van der Waals surface area contributed by atoms with Gasteiger partial charge in [-0.15, -0.1) is 11.3 Å². The molecule has 3 aromatic rings. The van der Waals surface area contributed by atoms with E-state index in [4.69, 9.17) is 4.98 Å². The standard InChI is InChI=1S/C26H27N3O2S/c1-29(2)26(31)22-12-4-3-8-20(22)16-24(30)27-21-11-5-7-18(15-21)13-14-25-28-23(17-32-25)19-9-6-10-19/h3-5,7-8,11-15,17,19H,6,9-10,16H2,1-2H3,(H,27,30). The molecule has 1 aromatic heterocycles. The molecule has 0 spiro atoms. The molecule has 5 nitrogen and oxygen atoms in total. The third-order valence-corrected chi connectivity index (χ3v) is 6.49. The molecule has 4 rings (SSSR count). The number of thiazole rings is 1. The Morgan fingerprint density at radius 2 is 1.94 bits per heavy atom. The van der Waals surface area contributed by atoms with Crippen molar-refractivity contribution in [3.8, 4) is 0 Å². The summed E-state index contributed by atoms with van der Waals surface area (Å²) in [5.74, 6) is 0.378. The van der Waals surface area contributed by atoms with Crippen LogP contribution in [0.25, 0.3) is 12.2 Å². The average Bonchev–Trinajstić information content (AvgIpc) is 3.19. The fourth-order valence-electron chi connectivity index (χ4n) is 3.66. The van der Waals surface area contributed by atoms with Crippen molar-refractivity contribution in [2.24, 2.45) is 0 Å². The summed E-state index contributed by atoms with van der Waals surface area (Å²) in [7, 11) is 3.41. The lowest BCUT2D eigenvalue weighted by Crippen LogP contribution is -2.24. The summed E-state index contributed by atoms with van der Waals surface area (Å²) in [5.41, 5.74) is 4.20. The number of aromatic nitrogens is 1. The first-order valence-electron chi connectivity index (χ1n) is 10.8. The van der Waals surface area contributed by atoms with Crippen molar-refractivity contribution in [1.82, 2.24) is 9.88 Å². The van der Waals surface area contributed by atoms with Crippen molar-refractivity contribution < 1.29 is 9.59 Å². The lowest BCUT2D eigenvalue weighted by molar-refractivity contribution is -0.115. The summed E-state index contributed by atoms with van der Waals surface area (Å²) in [6.07, 6.45) is 7.99. The van der Waals surface area contributed by atoms with Crippen LogP contribution in [0.4, 0.5) is 5.69 Å². The van der Waals surface area contributed by atoms with Gasteiger partial charge in [0.25, 0.3) is 5.91 Å². The van der Waals surface area contributed by atoms with Gasteiger partial charge < -0.3 is 10.2 Å². The largest absolute Gasteiger partial charge is 0.345 e. The highest BCUT2D eigenvalue weighted by atomic mass is 32.1. The molecule has 0 aliphatic heterocycles. The zero-order valence-electron chi connectivity index (χ0n) is 18.4. The Kier molecular flexibility index (Phi) is 6.81. The number of anilines is 1. The van der Waals surface area contributed by atoms with E-state index in [1.807, 2.05) is 54.6 Å². The molecule has 0 bridgehead atoms. The van der Waals surface area contributed by atoms with Crippen molar-refractivity contribution in [3.63, 3.8) is 0 Å². The van der Waals surface area contributed by atoms with E-state index in [1.165, 1.54) is 29.9 Å². The molecule has 0 atom stereocenters. The third-order valence-electron chi connectivity index (χ3n) is 5.66. The van der Waals surface area contributed by atoms with Crippen molar-refractivity contribution >= 4 is 41.0 Å². The lowest BCUT2D eigenvalue weighted by Gasteiger charge is -2.22. The molecule has 1 heterocycles. The molecule has 0 radical (unpaired) electrons. The van der Waals surface area contributed by atoms with E-state index in [2.05, 4.69) is 10.7 Å². The third kappa shape index (κ3) is 5.32. The number of benzene rings is 2. The fourth-order valence-corrected chi connectivity index (χ4v) is 4.45. The second-order valence-corrected chi connectivity index (χ2v) is 9.17. The Bertz CT molecular complexity index is 1150. The van der Waals surface area contributed by atoms with Gasteiger partial charge in [-0.25, -0.2) is 4.98 Å². The van der Waals surface area contributed by atoms with Gasteiger partial charge in [0.15, 0.2) is 0 Å². The van der Waals surface area contributed by atoms with Crippen molar-refractivity contribution in [2.75, 3.05) is 19.4 Å². The Hall–Kier alpha value is -3.25. The van der Waals surface area contributed by atoms with Gasteiger partial charge in [-0.05, 0) is 48.2 Å². The van der Waals surface area contributed by atoms with Gasteiger partial charge in [0.1, 0.15) is 5.01 Å². The predicted molar refractivity (Wildman–Crippen MR) is 131 cm³/mol. The molecule has 0 unspecified atom stereocenters. The highest BCUT2D eigenvalue weighted by Crippen LogP contribution is 2.36. The first kappa shape index (κ1) is 22.0. The van der Waals surface area contributed by atoms with E-state index in [-0.39, 0.29) is 18.2 Å². The maximum atomic E-state index is 12.7. The van der Waals surface area contributed by atoms with Gasteiger partial charge in [-0.1, -0.05) is 42.8 Å². The Labute approximate surface area is 192 Å². The molecule has 1 aliphatic carbocycles. The number of nitrogens with one attached hydrogen (secondary N) is 1. The summed E-state index contributed by atoms with van der Waals surface area (Å²) < 4.78 is 0. The van der Waals surface area contributed by atoms with E-state index in [1.54, 1.807) is 31.5 Å². The van der Waals surface area contributed by atoms with Crippen LogP contribution >= 0.6 is 11.3 Å². The molecule has 164 valence electrons. The molecule has 1 saturated carbocycles. The van der Waals surface area contributed by atoms with E-state index in [0.29, 0.717) is 17.0 Å². The number of carbonyl (C=O) groups is 2. The van der Waals surface area contributed by atoms with Crippen LogP contribution < -0.4 is 5.32 Å². The van der Waals surface area contributed by atoms with Gasteiger partial charge in [0, 0.05) is 36.6 Å². The minimum atomic E-state index is -0.157. The number of hydrogen-bond acceptors (Lipinski definition) is 4. The highest BCUT2D eigenvalue weighted by molar-refractivity contribution is 7.10. The van der Waals surface area contributed by atoms with Crippen LogP contribution in [0.1, 0.15) is 57.4 Å². The van der Waals surface area contributed by atoms with Crippen LogP contribution in [0.3, 0.4) is 0 Å². The highest BCUT2D eigenvalue weighted by Gasteiger charge is 2.21. The van der Waals surface area contributed by atoms with Gasteiger partial charge in [-0.3, -0.25) is 9.59 Å². The molecule has 2 aromatic carbocycles. The number of rotatable bonds is 7. The van der Waals surface area contributed by atoms with Crippen LogP contribution in [0.15, 0.2) is 53.9 Å². The van der Waals surface area contributed by atoms with Crippen LogP contribution in [-0.2, 0) is 11.2 Å². The molecule has 1 fully saturated rings. The zero-order chi connectivity index (χ0) is 22.5. The smallest absolute Gasteiger partial charge is 0.253 e. The molecular formula is C26H27N3O2S. The maximum Gasteiger partial charge on any atom is 0.253 e. The minimum Gasteiger partial charge on any atom is -0.345 e. The summed E-state index contributed by atoms with van der Waals surface area (Å²) >= 11 is 1.67. The molecule has 6 heteroatoms. The van der Waals surface area contributed by atoms with Crippen molar-refractivity contribution in [1.29, 1.82) is 0 Å². The Morgan fingerprint density at radius 3 is 2.69 bits per heavy atom. The maximum absolute atomic E-state index is 12.7. The fraction of sp³-hybridized carbons (Fsp3) is 0.269. The van der Waals surface area contributed by atoms with Crippen LogP contribution in [-0.4, -0.2) is 35.8 Å². The predicted octanol–water partition coefficient (Wildman–Crippen LogP) is 5.46. The van der Waals surface area contributed by atoms with E-state index < -0.39 is 0 Å². The average molecular weight is 446 g/mol. The molecular weight excluding hydrogens is 418 g/mol. The van der Waals surface area contributed by atoms with Crippen LogP contribution in [0.2, 0.25) is 0 Å². The van der Waals surface area contributed by atoms with Crippen LogP contribution in [0.5, 0.6) is 0 Å². The molecule has 0 saturated heterocycles. The summed E-state index contributed by atoms with van der Waals surface area (Å²) in [5, 5.41) is 6.12. The number of carbonyl (C=O) groups excluding carboxylic acids is 2. The van der Waals surface area contributed by atoms with Crippen LogP contribution in [0, 0.1) is 0 Å². The molecule has 1 aliphatic rings. The molecule has 1 N–H and O–H groups in total. The number of hydrogen-bond donors (Lipinski definition) is 1. The minimum absolute atomic E-state index is 0.108. The number of nitrogens with zero attached hydrogens (tertiary/aromatic N) is 2. The zero-order valence-corrected chi connectivity index (χ0v) is 19.2. The lowest BCUT2D eigenvalue weighted by atomic mass is 9.83. The normalized spacial score (nSPS) is 13.7.